The summed E-state index contributed by atoms with van der Waals surface area (Å²) in [5.74, 6) is 0.785. The molecule has 1 saturated heterocycles. The van der Waals surface area contributed by atoms with Crippen LogP contribution in [-0.4, -0.2) is 39.6 Å². The van der Waals surface area contributed by atoms with Gasteiger partial charge < -0.3 is 10.6 Å². The fourth-order valence-corrected chi connectivity index (χ4v) is 4.60. The summed E-state index contributed by atoms with van der Waals surface area (Å²) in [5.41, 5.74) is 9.33. The molecular formula is C23H30N4O2. The number of rotatable bonds is 5. The van der Waals surface area contributed by atoms with Crippen molar-refractivity contribution in [3.8, 4) is 0 Å². The molecule has 29 heavy (non-hydrogen) atoms. The highest BCUT2D eigenvalue weighted by molar-refractivity contribution is 5.94. The number of piperidine rings is 1. The zero-order chi connectivity index (χ0) is 20.7. The van der Waals surface area contributed by atoms with Crippen LogP contribution in [0.15, 0.2) is 30.5 Å². The summed E-state index contributed by atoms with van der Waals surface area (Å²) in [4.78, 5) is 26.9. The third kappa shape index (κ3) is 3.93. The highest BCUT2D eigenvalue weighted by Crippen LogP contribution is 2.49. The van der Waals surface area contributed by atoms with Crippen molar-refractivity contribution in [1.29, 1.82) is 0 Å². The minimum absolute atomic E-state index is 0.0684. The molecule has 1 aliphatic carbocycles. The van der Waals surface area contributed by atoms with E-state index in [-0.39, 0.29) is 17.7 Å². The van der Waals surface area contributed by atoms with Crippen LogP contribution in [0.1, 0.15) is 78.0 Å². The predicted molar refractivity (Wildman–Crippen MR) is 112 cm³/mol. The Morgan fingerprint density at radius 3 is 2.59 bits per heavy atom. The quantitative estimate of drug-likeness (QED) is 0.846. The topological polar surface area (TPSA) is 81.2 Å². The highest BCUT2D eigenvalue weighted by atomic mass is 16.2. The fourth-order valence-electron chi connectivity index (χ4n) is 4.60. The SMILES string of the molecule is CC(C)c1ccc([C@@H]2C[C@@H]2C(=O)N2CCC[C@@H](c3nn(C)cc3C(N)=O)C2)cc1. The maximum atomic E-state index is 13.1. The second kappa shape index (κ2) is 7.65. The fraction of sp³-hybridized carbons (Fsp3) is 0.522. The number of hydrogen-bond donors (Lipinski definition) is 1. The van der Waals surface area contributed by atoms with Gasteiger partial charge in [0.25, 0.3) is 5.91 Å². The molecular weight excluding hydrogens is 364 g/mol. The summed E-state index contributed by atoms with van der Waals surface area (Å²) in [6.45, 7) is 5.78. The average molecular weight is 395 g/mol. The smallest absolute Gasteiger partial charge is 0.252 e. The van der Waals surface area contributed by atoms with E-state index in [0.29, 0.717) is 23.9 Å². The molecule has 2 aliphatic rings. The summed E-state index contributed by atoms with van der Waals surface area (Å²) < 4.78 is 1.63. The first-order valence-electron chi connectivity index (χ1n) is 10.6. The number of nitrogens with two attached hydrogens (primary N) is 1. The van der Waals surface area contributed by atoms with Crippen LogP contribution in [0.4, 0.5) is 0 Å². The lowest BCUT2D eigenvalue weighted by molar-refractivity contribution is -0.133. The van der Waals surface area contributed by atoms with E-state index in [1.165, 1.54) is 11.1 Å². The summed E-state index contributed by atoms with van der Waals surface area (Å²) in [7, 11) is 1.79. The number of carbonyl (C=O) groups excluding carboxylic acids is 2. The largest absolute Gasteiger partial charge is 0.365 e. The third-order valence-corrected chi connectivity index (χ3v) is 6.38. The van der Waals surface area contributed by atoms with Gasteiger partial charge in [0.2, 0.25) is 5.91 Å². The molecule has 2 N–H and O–H groups in total. The number of amides is 2. The van der Waals surface area contributed by atoms with Crippen LogP contribution in [0.5, 0.6) is 0 Å². The number of primary amides is 1. The Bertz CT molecular complexity index is 915. The van der Waals surface area contributed by atoms with Crippen molar-refractivity contribution in [2.24, 2.45) is 18.7 Å². The van der Waals surface area contributed by atoms with Gasteiger partial charge in [0.15, 0.2) is 0 Å². The summed E-state index contributed by atoms with van der Waals surface area (Å²) in [5, 5.41) is 4.47. The predicted octanol–water partition coefficient (Wildman–Crippen LogP) is 3.15. The average Bonchev–Trinajstić information content (AvgIpc) is 3.41. The zero-order valence-corrected chi connectivity index (χ0v) is 17.5. The van der Waals surface area contributed by atoms with E-state index in [1.807, 2.05) is 4.90 Å². The van der Waals surface area contributed by atoms with Crippen molar-refractivity contribution < 1.29 is 9.59 Å². The minimum atomic E-state index is -0.455. The van der Waals surface area contributed by atoms with Crippen LogP contribution >= 0.6 is 0 Å². The van der Waals surface area contributed by atoms with Crippen molar-refractivity contribution in [3.63, 3.8) is 0 Å². The number of nitrogens with zero attached hydrogens (tertiary/aromatic N) is 3. The van der Waals surface area contributed by atoms with Crippen LogP contribution in [0, 0.1) is 5.92 Å². The summed E-state index contributed by atoms with van der Waals surface area (Å²) >= 11 is 0. The molecule has 2 heterocycles. The first-order chi connectivity index (χ1) is 13.8. The summed E-state index contributed by atoms with van der Waals surface area (Å²) in [6.07, 6.45) is 4.45. The van der Waals surface area contributed by atoms with Crippen LogP contribution in [-0.2, 0) is 11.8 Å². The normalized spacial score (nSPS) is 24.0. The van der Waals surface area contributed by atoms with Crippen LogP contribution in [0.25, 0.3) is 0 Å². The molecule has 154 valence electrons. The molecule has 0 bridgehead atoms. The van der Waals surface area contributed by atoms with Gasteiger partial charge in [-0.1, -0.05) is 38.1 Å². The van der Waals surface area contributed by atoms with Crippen molar-refractivity contribution in [2.45, 2.75) is 50.9 Å². The molecule has 2 aromatic rings. The monoisotopic (exact) mass is 394 g/mol. The lowest BCUT2D eigenvalue weighted by Gasteiger charge is -2.32. The number of aryl methyl sites for hydroxylation is 1. The van der Waals surface area contributed by atoms with E-state index in [2.05, 4.69) is 43.2 Å². The number of likely N-dealkylation sites (tertiary alicyclic amines) is 1. The molecule has 6 nitrogen and oxygen atoms in total. The number of benzene rings is 1. The van der Waals surface area contributed by atoms with Gasteiger partial charge in [-0.25, -0.2) is 0 Å². The first-order valence-corrected chi connectivity index (χ1v) is 10.6. The van der Waals surface area contributed by atoms with Gasteiger partial charge in [-0.3, -0.25) is 14.3 Å². The molecule has 0 unspecified atom stereocenters. The van der Waals surface area contributed by atoms with Crippen LogP contribution in [0.2, 0.25) is 0 Å². The molecule has 6 heteroatoms. The summed E-state index contributed by atoms with van der Waals surface area (Å²) in [6, 6.07) is 8.73. The standard InChI is InChI=1S/C23H30N4O2/c1-14(2)15-6-8-16(9-7-15)18-11-19(18)23(29)27-10-4-5-17(12-27)21-20(22(24)28)13-26(3)25-21/h6-9,13-14,17-19H,4-5,10-12H2,1-3H3,(H2,24,28)/t17-,18+,19+/m1/s1. The molecule has 0 radical (unpaired) electrons. The molecule has 1 aromatic carbocycles. The molecule has 1 aliphatic heterocycles. The van der Waals surface area contributed by atoms with E-state index in [4.69, 9.17) is 5.73 Å². The van der Waals surface area contributed by atoms with Crippen LogP contribution in [0.3, 0.4) is 0 Å². The van der Waals surface area contributed by atoms with Crippen molar-refractivity contribution in [2.75, 3.05) is 13.1 Å². The lowest BCUT2D eigenvalue weighted by Crippen LogP contribution is -2.40. The Hall–Kier alpha value is -2.63. The van der Waals surface area contributed by atoms with Gasteiger partial charge in [-0.15, -0.1) is 0 Å². The number of aromatic nitrogens is 2. The number of hydrogen-bond acceptors (Lipinski definition) is 3. The van der Waals surface area contributed by atoms with Crippen molar-refractivity contribution in [1.82, 2.24) is 14.7 Å². The van der Waals surface area contributed by atoms with Gasteiger partial charge in [0.05, 0.1) is 11.3 Å². The Balaban J connectivity index is 1.43. The molecule has 3 atom stereocenters. The van der Waals surface area contributed by atoms with E-state index in [1.54, 1.807) is 17.9 Å². The van der Waals surface area contributed by atoms with Crippen molar-refractivity contribution in [3.05, 3.63) is 52.8 Å². The van der Waals surface area contributed by atoms with Crippen molar-refractivity contribution >= 4 is 11.8 Å². The number of carbonyl (C=O) groups is 2. The van der Waals surface area contributed by atoms with Gasteiger partial charge in [0.1, 0.15) is 0 Å². The van der Waals surface area contributed by atoms with Crippen LogP contribution < -0.4 is 5.73 Å². The Morgan fingerprint density at radius 2 is 1.93 bits per heavy atom. The van der Waals surface area contributed by atoms with E-state index in [9.17, 15) is 9.59 Å². The Morgan fingerprint density at radius 1 is 1.21 bits per heavy atom. The highest BCUT2D eigenvalue weighted by Gasteiger charge is 2.46. The maximum absolute atomic E-state index is 13.1. The lowest BCUT2D eigenvalue weighted by atomic mass is 9.92. The molecule has 4 rings (SSSR count). The molecule has 0 spiro atoms. The maximum Gasteiger partial charge on any atom is 0.252 e. The second-order valence-corrected chi connectivity index (χ2v) is 8.86. The minimum Gasteiger partial charge on any atom is -0.365 e. The molecule has 2 amide bonds. The van der Waals surface area contributed by atoms with Gasteiger partial charge in [-0.2, -0.15) is 5.10 Å². The van der Waals surface area contributed by atoms with E-state index < -0.39 is 5.91 Å². The first kappa shape index (κ1) is 19.7. The van der Waals surface area contributed by atoms with E-state index in [0.717, 1.165) is 31.5 Å². The molecule has 1 aromatic heterocycles. The molecule has 2 fully saturated rings. The Kier molecular flexibility index (Phi) is 5.19. The van der Waals surface area contributed by atoms with Gasteiger partial charge in [0, 0.05) is 38.2 Å². The Labute approximate surface area is 172 Å². The zero-order valence-electron chi connectivity index (χ0n) is 17.5. The second-order valence-electron chi connectivity index (χ2n) is 8.86. The third-order valence-electron chi connectivity index (χ3n) is 6.38. The van der Waals surface area contributed by atoms with E-state index >= 15 is 0 Å². The van der Waals surface area contributed by atoms with Gasteiger partial charge in [-0.05, 0) is 42.2 Å². The van der Waals surface area contributed by atoms with Gasteiger partial charge >= 0.3 is 0 Å². The molecule has 1 saturated carbocycles.